The van der Waals surface area contributed by atoms with Crippen molar-refractivity contribution < 1.29 is 23.7 Å². The van der Waals surface area contributed by atoms with E-state index in [2.05, 4.69) is 10.3 Å². The zero-order chi connectivity index (χ0) is 23.3. The molecule has 32 heavy (non-hydrogen) atoms. The smallest absolute Gasteiger partial charge is 0.263 e. The van der Waals surface area contributed by atoms with Crippen molar-refractivity contribution in [1.29, 1.82) is 0 Å². The van der Waals surface area contributed by atoms with E-state index in [0.717, 1.165) is 21.9 Å². The predicted molar refractivity (Wildman–Crippen MR) is 125 cm³/mol. The van der Waals surface area contributed by atoms with E-state index in [1.807, 2.05) is 57.2 Å². The predicted octanol–water partition coefficient (Wildman–Crippen LogP) is 5.03. The number of aryl methyl sites for hydroxylation is 1. The number of amides is 1. The number of nitrogens with zero attached hydrogens (tertiary/aromatic N) is 1. The summed E-state index contributed by atoms with van der Waals surface area (Å²) in [6, 6.07) is 11.1. The van der Waals surface area contributed by atoms with Gasteiger partial charge >= 0.3 is 0 Å². The summed E-state index contributed by atoms with van der Waals surface area (Å²) in [6.07, 6.45) is 0. The number of methoxy groups -OCH3 is 3. The second kappa shape index (κ2) is 10.4. The Hall–Kier alpha value is -3.26. The number of carbonyl (C=O) groups is 1. The van der Waals surface area contributed by atoms with Crippen LogP contribution in [0.25, 0.3) is 10.6 Å². The van der Waals surface area contributed by atoms with Gasteiger partial charge in [0.15, 0.2) is 11.5 Å². The van der Waals surface area contributed by atoms with Gasteiger partial charge in [0, 0.05) is 5.56 Å². The summed E-state index contributed by atoms with van der Waals surface area (Å²) in [7, 11) is 4.68. The first-order chi connectivity index (χ1) is 15.4. The second-order valence-electron chi connectivity index (χ2n) is 7.04. The fourth-order valence-electron chi connectivity index (χ4n) is 3.29. The van der Waals surface area contributed by atoms with Gasteiger partial charge < -0.3 is 24.3 Å². The minimum Gasteiger partial charge on any atom is -0.494 e. The largest absolute Gasteiger partial charge is 0.494 e. The van der Waals surface area contributed by atoms with E-state index in [4.69, 9.17) is 18.9 Å². The van der Waals surface area contributed by atoms with Crippen LogP contribution < -0.4 is 24.3 Å². The van der Waals surface area contributed by atoms with Gasteiger partial charge in [-0.3, -0.25) is 4.79 Å². The van der Waals surface area contributed by atoms with Crippen molar-refractivity contribution in [2.45, 2.75) is 26.8 Å². The summed E-state index contributed by atoms with van der Waals surface area (Å²) in [5.74, 6) is 2.21. The van der Waals surface area contributed by atoms with Crippen LogP contribution in [0.4, 0.5) is 0 Å². The number of nitrogens with one attached hydrogen (secondary N) is 1. The number of hydrogen-bond donors (Lipinski definition) is 1. The molecule has 0 aliphatic heterocycles. The number of ether oxygens (including phenoxy) is 4. The molecule has 0 aliphatic carbocycles. The summed E-state index contributed by atoms with van der Waals surface area (Å²) in [5, 5.41) is 3.83. The molecule has 3 aromatic rings. The fraction of sp³-hybridized carbons (Fsp3) is 0.333. The molecule has 1 unspecified atom stereocenters. The Labute approximate surface area is 192 Å². The normalized spacial score (nSPS) is 11.6. The minimum atomic E-state index is -0.286. The third kappa shape index (κ3) is 4.96. The SMILES string of the molecule is CCOc1ccc(-c2nc(C)c(C(=O)NC(C)c3cc(OC)c(OC)c(OC)c3)s2)cc1. The number of carbonyl (C=O) groups excluding carboxylic acids is 1. The minimum absolute atomic E-state index is 0.182. The van der Waals surface area contributed by atoms with Crippen LogP contribution in [0.3, 0.4) is 0 Å². The number of benzene rings is 2. The molecule has 0 saturated carbocycles. The Balaban J connectivity index is 1.80. The number of rotatable bonds is 9. The standard InChI is InChI=1S/C24H28N2O5S/c1-7-31-18-10-8-16(9-11-18)24-26-15(3)22(32-24)23(27)25-14(2)17-12-19(28-4)21(30-6)20(13-17)29-5/h8-14H,7H2,1-6H3,(H,25,27). The van der Waals surface area contributed by atoms with Gasteiger partial charge in [0.05, 0.1) is 39.7 Å². The van der Waals surface area contributed by atoms with Gasteiger partial charge in [-0.05, 0) is 62.7 Å². The van der Waals surface area contributed by atoms with Crippen LogP contribution in [0.1, 0.15) is 40.8 Å². The zero-order valence-electron chi connectivity index (χ0n) is 19.1. The average molecular weight is 457 g/mol. The van der Waals surface area contributed by atoms with Gasteiger partial charge in [-0.2, -0.15) is 0 Å². The molecule has 0 bridgehead atoms. The Kier molecular flexibility index (Phi) is 7.58. The molecule has 2 aromatic carbocycles. The molecular weight excluding hydrogens is 428 g/mol. The summed E-state index contributed by atoms with van der Waals surface area (Å²) in [4.78, 5) is 18.2. The van der Waals surface area contributed by atoms with Gasteiger partial charge in [0.1, 0.15) is 15.6 Å². The number of thiazole rings is 1. The van der Waals surface area contributed by atoms with Crippen LogP contribution >= 0.6 is 11.3 Å². The molecule has 8 heteroatoms. The lowest BCUT2D eigenvalue weighted by Crippen LogP contribution is -2.26. The van der Waals surface area contributed by atoms with Crippen molar-refractivity contribution in [3.63, 3.8) is 0 Å². The first-order valence-corrected chi connectivity index (χ1v) is 11.0. The summed E-state index contributed by atoms with van der Waals surface area (Å²) >= 11 is 1.37. The summed E-state index contributed by atoms with van der Waals surface area (Å²) in [5.41, 5.74) is 2.47. The topological polar surface area (TPSA) is 78.9 Å². The lowest BCUT2D eigenvalue weighted by atomic mass is 10.1. The highest BCUT2D eigenvalue weighted by Crippen LogP contribution is 2.39. The maximum atomic E-state index is 13.0. The summed E-state index contributed by atoms with van der Waals surface area (Å²) in [6.45, 7) is 6.31. The van der Waals surface area contributed by atoms with Gasteiger partial charge in [0.25, 0.3) is 5.91 Å². The van der Waals surface area contributed by atoms with E-state index in [1.165, 1.54) is 11.3 Å². The van der Waals surface area contributed by atoms with Gasteiger partial charge in [-0.15, -0.1) is 11.3 Å². The highest BCUT2D eigenvalue weighted by atomic mass is 32.1. The van der Waals surface area contributed by atoms with Crippen molar-refractivity contribution in [2.24, 2.45) is 0 Å². The number of aromatic nitrogens is 1. The molecule has 0 aliphatic rings. The van der Waals surface area contributed by atoms with Gasteiger partial charge in [0.2, 0.25) is 5.75 Å². The monoisotopic (exact) mass is 456 g/mol. The molecule has 1 atom stereocenters. The molecule has 1 amide bonds. The first kappa shape index (κ1) is 23.4. The molecular formula is C24H28N2O5S. The van der Waals surface area contributed by atoms with Gasteiger partial charge in [-0.1, -0.05) is 0 Å². The zero-order valence-corrected chi connectivity index (χ0v) is 20.0. The number of hydrogen-bond acceptors (Lipinski definition) is 7. The van der Waals surface area contributed by atoms with E-state index in [-0.39, 0.29) is 11.9 Å². The molecule has 0 fully saturated rings. The van der Waals surface area contributed by atoms with Crippen LogP contribution in [-0.4, -0.2) is 38.8 Å². The Morgan fingerprint density at radius 1 is 1.06 bits per heavy atom. The van der Waals surface area contributed by atoms with E-state index in [9.17, 15) is 4.79 Å². The fourth-order valence-corrected chi connectivity index (χ4v) is 4.26. The van der Waals surface area contributed by atoms with Crippen molar-refractivity contribution in [3.05, 3.63) is 52.5 Å². The molecule has 1 aromatic heterocycles. The Bertz CT molecular complexity index is 1050. The molecule has 3 rings (SSSR count). The van der Waals surface area contributed by atoms with Crippen LogP contribution in [0, 0.1) is 6.92 Å². The van der Waals surface area contributed by atoms with E-state index in [1.54, 1.807) is 21.3 Å². The Morgan fingerprint density at radius 2 is 1.69 bits per heavy atom. The van der Waals surface area contributed by atoms with Crippen molar-refractivity contribution in [3.8, 4) is 33.6 Å². The second-order valence-corrected chi connectivity index (χ2v) is 8.04. The van der Waals surface area contributed by atoms with E-state index in [0.29, 0.717) is 34.4 Å². The van der Waals surface area contributed by atoms with Crippen LogP contribution in [0.15, 0.2) is 36.4 Å². The molecule has 7 nitrogen and oxygen atoms in total. The quantitative estimate of drug-likeness (QED) is 0.486. The lowest BCUT2D eigenvalue weighted by Gasteiger charge is -2.18. The molecule has 0 radical (unpaired) electrons. The first-order valence-electron chi connectivity index (χ1n) is 10.2. The van der Waals surface area contributed by atoms with Crippen molar-refractivity contribution in [1.82, 2.24) is 10.3 Å². The molecule has 170 valence electrons. The molecule has 1 heterocycles. The maximum absolute atomic E-state index is 13.0. The molecule has 0 spiro atoms. The van der Waals surface area contributed by atoms with Crippen LogP contribution in [0.5, 0.6) is 23.0 Å². The Morgan fingerprint density at radius 3 is 2.22 bits per heavy atom. The van der Waals surface area contributed by atoms with Gasteiger partial charge in [-0.25, -0.2) is 4.98 Å². The summed E-state index contributed by atoms with van der Waals surface area (Å²) < 4.78 is 21.7. The van der Waals surface area contributed by atoms with Crippen molar-refractivity contribution >= 4 is 17.2 Å². The molecule has 1 N–H and O–H groups in total. The third-order valence-corrected chi connectivity index (χ3v) is 6.16. The van der Waals surface area contributed by atoms with E-state index >= 15 is 0 Å². The van der Waals surface area contributed by atoms with Crippen LogP contribution in [0.2, 0.25) is 0 Å². The van der Waals surface area contributed by atoms with E-state index < -0.39 is 0 Å². The highest BCUT2D eigenvalue weighted by Gasteiger charge is 2.21. The van der Waals surface area contributed by atoms with Crippen molar-refractivity contribution in [2.75, 3.05) is 27.9 Å². The maximum Gasteiger partial charge on any atom is 0.263 e. The highest BCUT2D eigenvalue weighted by molar-refractivity contribution is 7.17. The lowest BCUT2D eigenvalue weighted by molar-refractivity contribution is 0.0943. The average Bonchev–Trinajstić information content (AvgIpc) is 3.20. The third-order valence-electron chi connectivity index (χ3n) is 4.95. The molecule has 0 saturated heterocycles. The van der Waals surface area contributed by atoms with Crippen LogP contribution in [-0.2, 0) is 0 Å².